The van der Waals surface area contributed by atoms with E-state index in [0.29, 0.717) is 17.2 Å². The van der Waals surface area contributed by atoms with Gasteiger partial charge in [0.1, 0.15) is 0 Å². The summed E-state index contributed by atoms with van der Waals surface area (Å²) in [5.41, 5.74) is 3.18. The number of nitrogens with zero attached hydrogens (tertiary/aromatic N) is 5. The van der Waals surface area contributed by atoms with Crippen molar-refractivity contribution in [3.8, 4) is 0 Å². The second kappa shape index (κ2) is 8.64. The van der Waals surface area contributed by atoms with E-state index in [1.165, 1.54) is 10.2 Å². The summed E-state index contributed by atoms with van der Waals surface area (Å²) < 4.78 is 1.49. The summed E-state index contributed by atoms with van der Waals surface area (Å²) in [7, 11) is 1.71. The average molecular weight is 392 g/mol. The SMILES string of the molecule is Cn1nnnc1/C(=N\OCC(=O)Nc1ccc(C(C)(C)C)cc1)c1ccccc1. The Morgan fingerprint density at radius 2 is 1.79 bits per heavy atom. The van der Waals surface area contributed by atoms with Crippen LogP contribution < -0.4 is 5.32 Å². The minimum absolute atomic E-state index is 0.0584. The number of aryl methyl sites for hydroxylation is 1. The fraction of sp³-hybridized carbons (Fsp3) is 0.286. The lowest BCUT2D eigenvalue weighted by Crippen LogP contribution is -2.19. The predicted molar refractivity (Wildman–Crippen MR) is 111 cm³/mol. The predicted octanol–water partition coefficient (Wildman–Crippen LogP) is 2.92. The van der Waals surface area contributed by atoms with E-state index in [-0.39, 0.29) is 17.9 Å². The molecule has 2 aromatic carbocycles. The van der Waals surface area contributed by atoms with Gasteiger partial charge < -0.3 is 10.2 Å². The van der Waals surface area contributed by atoms with Crippen LogP contribution in [0, 0.1) is 0 Å². The molecule has 0 aliphatic rings. The van der Waals surface area contributed by atoms with Crippen LogP contribution in [0.25, 0.3) is 0 Å². The van der Waals surface area contributed by atoms with Crippen LogP contribution in [-0.2, 0) is 22.1 Å². The first kappa shape index (κ1) is 20.2. The maximum atomic E-state index is 12.2. The molecule has 0 aliphatic heterocycles. The van der Waals surface area contributed by atoms with Crippen molar-refractivity contribution in [2.75, 3.05) is 11.9 Å². The number of anilines is 1. The van der Waals surface area contributed by atoms with Crippen LogP contribution in [-0.4, -0.2) is 38.4 Å². The second-order valence-corrected chi connectivity index (χ2v) is 7.58. The molecule has 0 unspecified atom stereocenters. The molecule has 0 aliphatic carbocycles. The molecule has 0 atom stereocenters. The molecule has 0 saturated heterocycles. The van der Waals surface area contributed by atoms with Gasteiger partial charge >= 0.3 is 0 Å². The van der Waals surface area contributed by atoms with Crippen molar-refractivity contribution in [1.82, 2.24) is 20.2 Å². The number of amides is 1. The minimum Gasteiger partial charge on any atom is -0.385 e. The lowest BCUT2D eigenvalue weighted by molar-refractivity contribution is -0.120. The van der Waals surface area contributed by atoms with Gasteiger partial charge in [0.15, 0.2) is 12.3 Å². The number of benzene rings is 2. The average Bonchev–Trinajstić information content (AvgIpc) is 3.11. The van der Waals surface area contributed by atoms with E-state index >= 15 is 0 Å². The summed E-state index contributed by atoms with van der Waals surface area (Å²) in [6.45, 7) is 6.19. The number of carbonyl (C=O) groups excluding carboxylic acids is 1. The highest BCUT2D eigenvalue weighted by molar-refractivity contribution is 6.10. The second-order valence-electron chi connectivity index (χ2n) is 7.58. The zero-order valence-corrected chi connectivity index (χ0v) is 17.0. The van der Waals surface area contributed by atoms with Crippen LogP contribution in [0.1, 0.15) is 37.7 Å². The van der Waals surface area contributed by atoms with Gasteiger partial charge in [-0.15, -0.1) is 5.10 Å². The number of tetrazole rings is 1. The van der Waals surface area contributed by atoms with Gasteiger partial charge in [-0.25, -0.2) is 4.68 Å². The summed E-state index contributed by atoms with van der Waals surface area (Å²) in [5.74, 6) is 0.134. The van der Waals surface area contributed by atoms with E-state index in [1.807, 2.05) is 54.6 Å². The molecule has 0 fully saturated rings. The van der Waals surface area contributed by atoms with Crippen LogP contribution >= 0.6 is 0 Å². The van der Waals surface area contributed by atoms with Gasteiger partial charge in [-0.2, -0.15) is 0 Å². The van der Waals surface area contributed by atoms with Gasteiger partial charge in [0.05, 0.1) is 0 Å². The molecule has 29 heavy (non-hydrogen) atoms. The summed E-state index contributed by atoms with van der Waals surface area (Å²) in [6.07, 6.45) is 0. The topological polar surface area (TPSA) is 94.3 Å². The fourth-order valence-corrected chi connectivity index (χ4v) is 2.65. The molecular weight excluding hydrogens is 368 g/mol. The van der Waals surface area contributed by atoms with Crippen LogP contribution in [0.4, 0.5) is 5.69 Å². The standard InChI is InChI=1S/C21H24N6O2/c1-21(2,3)16-10-12-17(13-11-16)22-18(28)14-29-24-19(15-8-6-5-7-9-15)20-23-25-26-27(20)4/h5-13H,14H2,1-4H3,(H,22,28)/b24-19-. The van der Waals surface area contributed by atoms with E-state index in [9.17, 15) is 4.79 Å². The molecule has 0 spiro atoms. The number of aromatic nitrogens is 4. The normalized spacial score (nSPS) is 11.9. The Labute approximate surface area is 169 Å². The summed E-state index contributed by atoms with van der Waals surface area (Å²) in [6, 6.07) is 17.2. The number of carbonyl (C=O) groups is 1. The first-order chi connectivity index (χ1) is 13.8. The summed E-state index contributed by atoms with van der Waals surface area (Å²) in [5, 5.41) is 18.4. The molecule has 8 nitrogen and oxygen atoms in total. The summed E-state index contributed by atoms with van der Waals surface area (Å²) in [4.78, 5) is 17.5. The third kappa shape index (κ3) is 5.25. The highest BCUT2D eigenvalue weighted by Crippen LogP contribution is 2.23. The van der Waals surface area contributed by atoms with E-state index in [4.69, 9.17) is 4.84 Å². The molecule has 8 heteroatoms. The molecule has 150 valence electrons. The number of oxime groups is 1. The van der Waals surface area contributed by atoms with Gasteiger partial charge in [-0.05, 0) is 33.5 Å². The smallest absolute Gasteiger partial charge is 0.265 e. The highest BCUT2D eigenvalue weighted by Gasteiger charge is 2.16. The fourth-order valence-electron chi connectivity index (χ4n) is 2.65. The Morgan fingerprint density at radius 3 is 2.38 bits per heavy atom. The molecule has 0 saturated carbocycles. The van der Waals surface area contributed by atoms with Crippen LogP contribution in [0.3, 0.4) is 0 Å². The third-order valence-corrected chi connectivity index (χ3v) is 4.27. The maximum absolute atomic E-state index is 12.2. The monoisotopic (exact) mass is 392 g/mol. The Morgan fingerprint density at radius 1 is 1.10 bits per heavy atom. The number of nitrogens with one attached hydrogen (secondary N) is 1. The van der Waals surface area contributed by atoms with Crippen LogP contribution in [0.15, 0.2) is 59.8 Å². The zero-order valence-electron chi connectivity index (χ0n) is 17.0. The van der Waals surface area contributed by atoms with Crippen LogP contribution in [0.5, 0.6) is 0 Å². The molecule has 1 amide bonds. The van der Waals surface area contributed by atoms with Gasteiger partial charge in [0.2, 0.25) is 5.82 Å². The van der Waals surface area contributed by atoms with Crippen molar-refractivity contribution in [2.24, 2.45) is 12.2 Å². The zero-order chi connectivity index (χ0) is 20.9. The largest absolute Gasteiger partial charge is 0.385 e. The van der Waals surface area contributed by atoms with Gasteiger partial charge in [0, 0.05) is 18.3 Å². The molecule has 3 rings (SSSR count). The van der Waals surface area contributed by atoms with E-state index in [1.54, 1.807) is 7.05 Å². The number of hydrogen-bond acceptors (Lipinski definition) is 6. The van der Waals surface area contributed by atoms with Gasteiger partial charge in [0.25, 0.3) is 5.91 Å². The molecule has 1 heterocycles. The molecule has 1 aromatic heterocycles. The molecule has 1 N–H and O–H groups in total. The Hall–Kier alpha value is -3.55. The quantitative estimate of drug-likeness (QED) is 0.514. The lowest BCUT2D eigenvalue weighted by Gasteiger charge is -2.19. The first-order valence-corrected chi connectivity index (χ1v) is 9.23. The third-order valence-electron chi connectivity index (χ3n) is 4.27. The number of rotatable bonds is 6. The number of hydrogen-bond donors (Lipinski definition) is 1. The lowest BCUT2D eigenvalue weighted by atomic mass is 9.87. The Balaban J connectivity index is 1.66. The van der Waals surface area contributed by atoms with E-state index < -0.39 is 0 Å². The molecule has 0 bridgehead atoms. The van der Waals surface area contributed by atoms with Gasteiger partial charge in [-0.3, -0.25) is 4.79 Å². The molecule has 3 aromatic rings. The highest BCUT2D eigenvalue weighted by atomic mass is 16.6. The van der Waals surface area contributed by atoms with Crippen molar-refractivity contribution < 1.29 is 9.63 Å². The first-order valence-electron chi connectivity index (χ1n) is 9.23. The van der Waals surface area contributed by atoms with Crippen molar-refractivity contribution in [3.05, 3.63) is 71.5 Å². The maximum Gasteiger partial charge on any atom is 0.265 e. The van der Waals surface area contributed by atoms with Crippen molar-refractivity contribution in [3.63, 3.8) is 0 Å². The molecule has 0 radical (unpaired) electrons. The van der Waals surface area contributed by atoms with E-state index in [0.717, 1.165) is 5.56 Å². The summed E-state index contributed by atoms with van der Waals surface area (Å²) >= 11 is 0. The Kier molecular flexibility index (Phi) is 6.01. The Bertz CT molecular complexity index is 988. The van der Waals surface area contributed by atoms with Crippen molar-refractivity contribution >= 4 is 17.3 Å². The van der Waals surface area contributed by atoms with Crippen LogP contribution in [0.2, 0.25) is 0 Å². The van der Waals surface area contributed by atoms with Crippen molar-refractivity contribution in [2.45, 2.75) is 26.2 Å². The van der Waals surface area contributed by atoms with E-state index in [2.05, 4.69) is 46.8 Å². The molecular formula is C21H24N6O2. The van der Waals surface area contributed by atoms with Gasteiger partial charge in [-0.1, -0.05) is 68.4 Å². The van der Waals surface area contributed by atoms with Crippen molar-refractivity contribution in [1.29, 1.82) is 0 Å². The minimum atomic E-state index is -0.305.